The summed E-state index contributed by atoms with van der Waals surface area (Å²) in [6, 6.07) is 0. The lowest BCUT2D eigenvalue weighted by atomic mass is 9.73. The molecule has 0 heteroatoms. The van der Waals surface area contributed by atoms with Crippen molar-refractivity contribution >= 4 is 0 Å². The highest BCUT2D eigenvalue weighted by atomic mass is 14.8. The van der Waals surface area contributed by atoms with Gasteiger partial charge in [0.05, 0.1) is 0 Å². The second-order valence-electron chi connectivity index (χ2n) is 7.43. The molecule has 6 aliphatic carbocycles. The fourth-order valence-electron chi connectivity index (χ4n) is 8.24. The summed E-state index contributed by atoms with van der Waals surface area (Å²) in [5, 5.41) is 0. The minimum Gasteiger partial charge on any atom is -0.0470 e. The van der Waals surface area contributed by atoms with E-state index in [0.717, 1.165) is 0 Å². The summed E-state index contributed by atoms with van der Waals surface area (Å²) in [5.41, 5.74) is 0. The fraction of sp³-hybridized carbons (Fsp3) is 1.00. The Morgan fingerprint density at radius 3 is 1.71 bits per heavy atom. The lowest BCUT2D eigenvalue weighted by Gasteiger charge is -2.32. The average molecular weight is 186 g/mol. The molecule has 0 heterocycles. The first-order valence-electron chi connectivity index (χ1n) is 6.93. The molecule has 6 aliphatic rings. The summed E-state index contributed by atoms with van der Waals surface area (Å²) in [7, 11) is 0. The SMILES string of the molecule is C1C2CC3C4CC5C3C2C2C1CC4C52. The molecular weight excluding hydrogens is 168 g/mol. The summed E-state index contributed by atoms with van der Waals surface area (Å²) in [4.78, 5) is 0. The Morgan fingerprint density at radius 2 is 1.07 bits per heavy atom. The van der Waals surface area contributed by atoms with Gasteiger partial charge in [0.15, 0.2) is 0 Å². The van der Waals surface area contributed by atoms with Crippen molar-refractivity contribution in [1.29, 1.82) is 0 Å². The lowest BCUT2D eigenvalue weighted by molar-refractivity contribution is 0.163. The largest absolute Gasteiger partial charge is 0.0470 e. The van der Waals surface area contributed by atoms with Crippen LogP contribution in [0.2, 0.25) is 0 Å². The van der Waals surface area contributed by atoms with Gasteiger partial charge >= 0.3 is 0 Å². The molecule has 0 aromatic carbocycles. The number of fused-ring (bicyclic) bond motifs is 3. The maximum absolute atomic E-state index is 1.69. The van der Waals surface area contributed by atoms with Gasteiger partial charge in [-0.05, 0) is 84.9 Å². The van der Waals surface area contributed by atoms with Crippen LogP contribution >= 0.6 is 0 Å². The van der Waals surface area contributed by atoms with Crippen LogP contribution < -0.4 is 0 Å². The van der Waals surface area contributed by atoms with Gasteiger partial charge in [0.1, 0.15) is 0 Å². The smallest absolute Gasteiger partial charge is 0.0318 e. The predicted octanol–water partition coefficient (Wildman–Crippen LogP) is 2.79. The molecule has 6 rings (SSSR count). The molecular formula is C14H18. The molecule has 0 aliphatic heterocycles. The van der Waals surface area contributed by atoms with Crippen molar-refractivity contribution in [2.24, 2.45) is 59.2 Å². The Bertz CT molecular complexity index is 312. The maximum Gasteiger partial charge on any atom is -0.0318 e. The highest BCUT2D eigenvalue weighted by molar-refractivity contribution is 5.25. The molecule has 0 amide bonds. The van der Waals surface area contributed by atoms with Crippen LogP contribution in [0.4, 0.5) is 0 Å². The molecule has 14 heavy (non-hydrogen) atoms. The molecule has 0 nitrogen and oxygen atoms in total. The standard InChI is InChI=1S/C14H18/c1-5-2-8-7-4-10-13(8)11(5)12-6(1)3-9(7)14(10)12/h5-14H,1-4H2. The molecule has 2 bridgehead atoms. The van der Waals surface area contributed by atoms with Crippen molar-refractivity contribution in [2.75, 3.05) is 0 Å². The molecule has 0 N–H and O–H groups in total. The summed E-state index contributed by atoms with van der Waals surface area (Å²) < 4.78 is 0. The van der Waals surface area contributed by atoms with Crippen molar-refractivity contribution < 1.29 is 0 Å². The first kappa shape index (κ1) is 6.55. The highest BCUT2D eigenvalue weighted by Crippen LogP contribution is 2.83. The molecule has 8 unspecified atom stereocenters. The molecule has 8 atom stereocenters. The van der Waals surface area contributed by atoms with Crippen LogP contribution in [-0.2, 0) is 0 Å². The summed E-state index contributed by atoms with van der Waals surface area (Å²) in [5.74, 6) is 12.6. The van der Waals surface area contributed by atoms with E-state index < -0.39 is 0 Å². The van der Waals surface area contributed by atoms with Crippen molar-refractivity contribution in [3.63, 3.8) is 0 Å². The zero-order chi connectivity index (χ0) is 8.60. The Hall–Kier alpha value is 0. The Kier molecular flexibility index (Phi) is 0.758. The zero-order valence-electron chi connectivity index (χ0n) is 8.60. The van der Waals surface area contributed by atoms with Crippen molar-refractivity contribution in [2.45, 2.75) is 25.7 Å². The van der Waals surface area contributed by atoms with Gasteiger partial charge in [-0.15, -0.1) is 0 Å². The van der Waals surface area contributed by atoms with Gasteiger partial charge in [-0.2, -0.15) is 0 Å². The Morgan fingerprint density at radius 1 is 0.429 bits per heavy atom. The third-order valence-corrected chi connectivity index (χ3v) is 7.80. The highest BCUT2D eigenvalue weighted by Gasteiger charge is 2.77. The molecule has 0 spiro atoms. The van der Waals surface area contributed by atoms with Gasteiger partial charge < -0.3 is 0 Å². The van der Waals surface area contributed by atoms with E-state index in [9.17, 15) is 0 Å². The van der Waals surface area contributed by atoms with Gasteiger partial charge in [0.25, 0.3) is 0 Å². The van der Waals surface area contributed by atoms with Gasteiger partial charge in [0.2, 0.25) is 0 Å². The molecule has 0 aromatic rings. The summed E-state index contributed by atoms with van der Waals surface area (Å²) >= 11 is 0. The quantitative estimate of drug-likeness (QED) is 0.545. The van der Waals surface area contributed by atoms with E-state index in [1.807, 2.05) is 0 Å². The van der Waals surface area contributed by atoms with E-state index in [2.05, 4.69) is 0 Å². The Balaban J connectivity index is 1.73. The maximum atomic E-state index is 1.69. The van der Waals surface area contributed by atoms with Gasteiger partial charge in [-0.3, -0.25) is 0 Å². The predicted molar refractivity (Wildman–Crippen MR) is 53.4 cm³/mol. The van der Waals surface area contributed by atoms with E-state index in [0.29, 0.717) is 0 Å². The first-order valence-corrected chi connectivity index (χ1v) is 6.93. The van der Waals surface area contributed by atoms with Crippen LogP contribution in [0.3, 0.4) is 0 Å². The minimum absolute atomic E-state index is 1.23. The molecule has 0 saturated heterocycles. The summed E-state index contributed by atoms with van der Waals surface area (Å²) in [6.45, 7) is 0. The summed E-state index contributed by atoms with van der Waals surface area (Å²) in [6.07, 6.45) is 6.74. The fourth-order valence-corrected chi connectivity index (χ4v) is 8.24. The topological polar surface area (TPSA) is 0 Å². The van der Waals surface area contributed by atoms with Crippen LogP contribution in [-0.4, -0.2) is 0 Å². The monoisotopic (exact) mass is 186 g/mol. The minimum atomic E-state index is 1.23. The van der Waals surface area contributed by atoms with Gasteiger partial charge in [-0.1, -0.05) is 0 Å². The van der Waals surface area contributed by atoms with E-state index >= 15 is 0 Å². The zero-order valence-corrected chi connectivity index (χ0v) is 8.60. The average Bonchev–Trinajstić information content (AvgIpc) is 2.79. The first-order chi connectivity index (χ1) is 6.93. The molecule has 0 radical (unpaired) electrons. The van der Waals surface area contributed by atoms with Crippen LogP contribution in [0.15, 0.2) is 0 Å². The van der Waals surface area contributed by atoms with E-state index in [1.54, 1.807) is 25.7 Å². The molecule has 6 saturated carbocycles. The van der Waals surface area contributed by atoms with Crippen LogP contribution in [0.1, 0.15) is 25.7 Å². The Labute approximate surface area is 85.4 Å². The number of hydrogen-bond donors (Lipinski definition) is 0. The van der Waals surface area contributed by atoms with Crippen molar-refractivity contribution in [3.05, 3.63) is 0 Å². The van der Waals surface area contributed by atoms with Crippen molar-refractivity contribution in [1.82, 2.24) is 0 Å². The second-order valence-corrected chi connectivity index (χ2v) is 7.43. The number of rotatable bonds is 0. The van der Waals surface area contributed by atoms with Crippen LogP contribution in [0, 0.1) is 59.2 Å². The van der Waals surface area contributed by atoms with E-state index in [4.69, 9.17) is 0 Å². The lowest BCUT2D eigenvalue weighted by Crippen LogP contribution is -2.26. The second kappa shape index (κ2) is 1.62. The van der Waals surface area contributed by atoms with Crippen molar-refractivity contribution in [3.8, 4) is 0 Å². The van der Waals surface area contributed by atoms with E-state index in [-0.39, 0.29) is 0 Å². The molecule has 74 valence electrons. The van der Waals surface area contributed by atoms with E-state index in [1.165, 1.54) is 59.2 Å². The van der Waals surface area contributed by atoms with Crippen LogP contribution in [0.25, 0.3) is 0 Å². The molecule has 6 fully saturated rings. The van der Waals surface area contributed by atoms with Crippen LogP contribution in [0.5, 0.6) is 0 Å². The van der Waals surface area contributed by atoms with Gasteiger partial charge in [-0.25, -0.2) is 0 Å². The van der Waals surface area contributed by atoms with Gasteiger partial charge in [0, 0.05) is 0 Å². The molecule has 0 aromatic heterocycles. The normalized spacial score (nSPS) is 84.0. The third-order valence-electron chi connectivity index (χ3n) is 7.80. The number of hydrogen-bond acceptors (Lipinski definition) is 0. The third kappa shape index (κ3) is 0.403.